The summed E-state index contributed by atoms with van der Waals surface area (Å²) < 4.78 is 2.69. The van der Waals surface area contributed by atoms with Gasteiger partial charge in [0, 0.05) is 22.5 Å². The van der Waals surface area contributed by atoms with Crippen LogP contribution in [0.25, 0.3) is 16.6 Å². The molecule has 4 rings (SSSR count). The maximum Gasteiger partial charge on any atom is 0.351 e. The van der Waals surface area contributed by atoms with Crippen LogP contribution < -0.4 is 11.0 Å². The second kappa shape index (κ2) is 7.44. The summed E-state index contributed by atoms with van der Waals surface area (Å²) in [5.74, 6) is 0.286. The Bertz CT molecular complexity index is 1240. The minimum atomic E-state index is -0.398. The van der Waals surface area contributed by atoms with E-state index in [1.165, 1.54) is 9.08 Å². The fraction of sp³-hybridized carbons (Fsp3) is 0.200. The van der Waals surface area contributed by atoms with Gasteiger partial charge < -0.3 is 5.32 Å². The number of hydrogen-bond donors (Lipinski definition) is 1. The Morgan fingerprint density at radius 1 is 1.18 bits per heavy atom. The van der Waals surface area contributed by atoms with Gasteiger partial charge in [-0.2, -0.15) is 4.52 Å². The number of aromatic nitrogens is 4. The number of aryl methyl sites for hydroxylation is 1. The van der Waals surface area contributed by atoms with E-state index in [-0.39, 0.29) is 12.5 Å². The number of fused-ring (bicyclic) bond motifs is 3. The van der Waals surface area contributed by atoms with Crippen LogP contribution in [0.3, 0.4) is 0 Å². The van der Waals surface area contributed by atoms with E-state index in [0.29, 0.717) is 34.1 Å². The molecule has 8 heteroatoms. The summed E-state index contributed by atoms with van der Waals surface area (Å²) in [6.45, 7) is 1.88. The summed E-state index contributed by atoms with van der Waals surface area (Å²) in [5, 5.41) is 8.40. The van der Waals surface area contributed by atoms with Gasteiger partial charge in [0.25, 0.3) is 0 Å². The zero-order chi connectivity index (χ0) is 19.7. The highest BCUT2D eigenvalue weighted by molar-refractivity contribution is 6.30. The molecule has 2 aromatic heterocycles. The van der Waals surface area contributed by atoms with E-state index in [1.54, 1.807) is 30.3 Å². The van der Waals surface area contributed by atoms with Gasteiger partial charge in [0.2, 0.25) is 5.91 Å². The van der Waals surface area contributed by atoms with Crippen LogP contribution in [-0.4, -0.2) is 25.1 Å². The Balaban J connectivity index is 1.78. The van der Waals surface area contributed by atoms with Gasteiger partial charge in [-0.05, 0) is 36.8 Å². The number of benzene rings is 2. The fourth-order valence-electron chi connectivity index (χ4n) is 3.17. The summed E-state index contributed by atoms with van der Waals surface area (Å²) in [7, 11) is 0. The van der Waals surface area contributed by atoms with Crippen molar-refractivity contribution >= 4 is 39.7 Å². The molecule has 0 fully saturated rings. The third-order valence-electron chi connectivity index (χ3n) is 4.38. The molecule has 7 nitrogen and oxygen atoms in total. The number of hydrogen-bond acceptors (Lipinski definition) is 4. The van der Waals surface area contributed by atoms with Crippen molar-refractivity contribution < 1.29 is 4.79 Å². The predicted octanol–water partition coefficient (Wildman–Crippen LogP) is 3.29. The van der Waals surface area contributed by atoms with Crippen LogP contribution in [0.4, 0.5) is 5.69 Å². The largest absolute Gasteiger partial charge is 0.351 e. The van der Waals surface area contributed by atoms with Gasteiger partial charge in [-0.1, -0.05) is 36.7 Å². The van der Waals surface area contributed by atoms with Gasteiger partial charge in [-0.25, -0.2) is 9.78 Å². The van der Waals surface area contributed by atoms with Crippen molar-refractivity contribution in [2.75, 3.05) is 5.32 Å². The van der Waals surface area contributed by atoms with Crippen LogP contribution in [0.1, 0.15) is 19.2 Å². The molecule has 2 aromatic carbocycles. The van der Waals surface area contributed by atoms with Gasteiger partial charge in [0.05, 0.1) is 5.52 Å². The van der Waals surface area contributed by atoms with Crippen LogP contribution in [0.2, 0.25) is 5.02 Å². The van der Waals surface area contributed by atoms with E-state index in [0.717, 1.165) is 11.8 Å². The summed E-state index contributed by atoms with van der Waals surface area (Å²) in [6.07, 6.45) is 1.57. The average Bonchev–Trinajstić information content (AvgIpc) is 3.10. The number of halogens is 1. The van der Waals surface area contributed by atoms with Gasteiger partial charge in [-0.15, -0.1) is 5.10 Å². The fourth-order valence-corrected chi connectivity index (χ4v) is 3.36. The summed E-state index contributed by atoms with van der Waals surface area (Å²) in [4.78, 5) is 30.1. The van der Waals surface area contributed by atoms with Crippen LogP contribution in [0.5, 0.6) is 0 Å². The summed E-state index contributed by atoms with van der Waals surface area (Å²) >= 11 is 5.96. The maximum absolute atomic E-state index is 13.0. The Morgan fingerprint density at radius 2 is 2.00 bits per heavy atom. The predicted molar refractivity (Wildman–Crippen MR) is 109 cm³/mol. The van der Waals surface area contributed by atoms with Crippen molar-refractivity contribution in [3.05, 3.63) is 69.9 Å². The van der Waals surface area contributed by atoms with Crippen molar-refractivity contribution in [3.8, 4) is 0 Å². The Labute approximate surface area is 165 Å². The number of amides is 1. The lowest BCUT2D eigenvalue weighted by Crippen LogP contribution is -2.32. The molecule has 0 atom stereocenters. The molecule has 0 aliphatic carbocycles. The number of anilines is 1. The number of carbonyl (C=O) groups is 1. The molecule has 28 heavy (non-hydrogen) atoms. The molecule has 1 N–H and O–H groups in total. The minimum absolute atomic E-state index is 0.148. The molecule has 2 heterocycles. The third kappa shape index (κ3) is 3.36. The second-order valence-corrected chi connectivity index (χ2v) is 6.89. The molecule has 142 valence electrons. The molecular weight excluding hydrogens is 378 g/mol. The Kier molecular flexibility index (Phi) is 4.83. The molecule has 0 aliphatic rings. The number of carbonyl (C=O) groups excluding carboxylic acids is 1. The van der Waals surface area contributed by atoms with Gasteiger partial charge in [0.1, 0.15) is 6.54 Å². The zero-order valence-electron chi connectivity index (χ0n) is 15.2. The number of nitrogens with one attached hydrogen (secondary N) is 1. The maximum atomic E-state index is 13.0. The van der Waals surface area contributed by atoms with Crippen molar-refractivity contribution in [2.24, 2.45) is 0 Å². The van der Waals surface area contributed by atoms with Crippen molar-refractivity contribution in [3.63, 3.8) is 0 Å². The molecule has 0 bridgehead atoms. The van der Waals surface area contributed by atoms with Crippen molar-refractivity contribution in [2.45, 2.75) is 26.3 Å². The van der Waals surface area contributed by atoms with E-state index >= 15 is 0 Å². The SMILES string of the molecule is CCCc1nc2c3ccccc3n(CC(=O)Nc3cccc(Cl)c3)c(=O)n2n1. The first-order chi connectivity index (χ1) is 13.6. The molecule has 0 aliphatic heterocycles. The van der Waals surface area contributed by atoms with Crippen molar-refractivity contribution in [1.29, 1.82) is 0 Å². The van der Waals surface area contributed by atoms with Crippen LogP contribution in [0, 0.1) is 0 Å². The standard InChI is InChI=1S/C20H18ClN5O2/c1-2-6-17-23-19-15-9-3-4-10-16(15)25(20(28)26(19)24-17)12-18(27)22-14-8-5-7-13(21)11-14/h3-5,7-11H,2,6,12H2,1H3,(H,22,27). The highest BCUT2D eigenvalue weighted by Crippen LogP contribution is 2.18. The van der Waals surface area contributed by atoms with Gasteiger partial charge >= 0.3 is 5.69 Å². The second-order valence-electron chi connectivity index (χ2n) is 6.46. The first-order valence-electron chi connectivity index (χ1n) is 8.99. The van der Waals surface area contributed by atoms with E-state index in [2.05, 4.69) is 15.4 Å². The number of rotatable bonds is 5. The first-order valence-corrected chi connectivity index (χ1v) is 9.37. The topological polar surface area (TPSA) is 81.3 Å². The molecule has 1 amide bonds. The number of para-hydroxylation sites is 1. The average molecular weight is 396 g/mol. The van der Waals surface area contributed by atoms with Crippen LogP contribution in [-0.2, 0) is 17.8 Å². The minimum Gasteiger partial charge on any atom is -0.324 e. The Hall–Kier alpha value is -3.19. The lowest BCUT2D eigenvalue weighted by molar-refractivity contribution is -0.116. The van der Waals surface area contributed by atoms with E-state index < -0.39 is 5.69 Å². The highest BCUT2D eigenvalue weighted by atomic mass is 35.5. The van der Waals surface area contributed by atoms with Gasteiger partial charge in [0.15, 0.2) is 11.5 Å². The normalized spacial score (nSPS) is 11.2. The summed E-state index contributed by atoms with van der Waals surface area (Å²) in [6, 6.07) is 14.2. The van der Waals surface area contributed by atoms with E-state index in [1.807, 2.05) is 25.1 Å². The monoisotopic (exact) mass is 395 g/mol. The molecular formula is C20H18ClN5O2. The Morgan fingerprint density at radius 3 is 2.79 bits per heavy atom. The van der Waals surface area contributed by atoms with E-state index in [4.69, 9.17) is 11.6 Å². The van der Waals surface area contributed by atoms with Crippen molar-refractivity contribution in [1.82, 2.24) is 19.2 Å². The highest BCUT2D eigenvalue weighted by Gasteiger charge is 2.16. The number of nitrogens with zero attached hydrogens (tertiary/aromatic N) is 4. The summed E-state index contributed by atoms with van der Waals surface area (Å²) in [5.41, 5.74) is 1.32. The molecule has 0 spiro atoms. The lowest BCUT2D eigenvalue weighted by Gasteiger charge is -2.11. The third-order valence-corrected chi connectivity index (χ3v) is 4.62. The molecule has 4 aromatic rings. The van der Waals surface area contributed by atoms with Crippen LogP contribution >= 0.6 is 11.6 Å². The van der Waals surface area contributed by atoms with Gasteiger partial charge in [-0.3, -0.25) is 9.36 Å². The quantitative estimate of drug-likeness (QED) is 0.562. The lowest BCUT2D eigenvalue weighted by atomic mass is 10.2. The molecule has 0 saturated carbocycles. The molecule has 0 saturated heterocycles. The molecule has 0 unspecified atom stereocenters. The zero-order valence-corrected chi connectivity index (χ0v) is 16.0. The molecule has 0 radical (unpaired) electrons. The first kappa shape index (κ1) is 18.2. The smallest absolute Gasteiger partial charge is 0.324 e. The van der Waals surface area contributed by atoms with E-state index in [9.17, 15) is 9.59 Å². The van der Waals surface area contributed by atoms with Crippen LogP contribution in [0.15, 0.2) is 53.3 Å².